The van der Waals surface area contributed by atoms with Gasteiger partial charge in [-0.15, -0.1) is 0 Å². The Balaban J connectivity index is 2.11. The van der Waals surface area contributed by atoms with E-state index in [-0.39, 0.29) is 5.91 Å². The number of amides is 1. The Morgan fingerprint density at radius 1 is 1.33 bits per heavy atom. The summed E-state index contributed by atoms with van der Waals surface area (Å²) < 4.78 is 10.6. The van der Waals surface area contributed by atoms with Gasteiger partial charge in [-0.25, -0.2) is 0 Å². The Hall–Kier alpha value is -1.59. The van der Waals surface area contributed by atoms with Crippen LogP contribution in [0.25, 0.3) is 0 Å². The molecule has 0 aliphatic rings. The molecule has 0 bridgehead atoms. The summed E-state index contributed by atoms with van der Waals surface area (Å²) >= 11 is 0. The van der Waals surface area contributed by atoms with Gasteiger partial charge in [-0.05, 0) is 31.0 Å². The van der Waals surface area contributed by atoms with E-state index < -0.39 is 0 Å². The lowest BCUT2D eigenvalue weighted by atomic mass is 10.2. The lowest BCUT2D eigenvalue weighted by Gasteiger charge is -2.09. The minimum atomic E-state index is -0.0636. The van der Waals surface area contributed by atoms with Crippen LogP contribution in [0, 0.1) is 5.92 Å². The molecule has 5 nitrogen and oxygen atoms in total. The lowest BCUT2D eigenvalue weighted by Crippen LogP contribution is -2.29. The van der Waals surface area contributed by atoms with Gasteiger partial charge in [0.25, 0.3) is 0 Å². The lowest BCUT2D eigenvalue weighted by molar-refractivity contribution is -0.115. The van der Waals surface area contributed by atoms with E-state index >= 15 is 0 Å². The molecule has 0 saturated carbocycles. The first-order valence-electron chi connectivity index (χ1n) is 7.34. The fourth-order valence-electron chi connectivity index (χ4n) is 1.73. The maximum atomic E-state index is 11.7. The Morgan fingerprint density at radius 2 is 2.14 bits per heavy atom. The molecule has 0 unspecified atom stereocenters. The number of carbonyl (C=O) groups excluding carboxylic acids is 1. The number of ether oxygens (including phenoxy) is 2. The number of hydrogen-bond donors (Lipinski definition) is 2. The predicted molar refractivity (Wildman–Crippen MR) is 84.8 cm³/mol. The summed E-state index contributed by atoms with van der Waals surface area (Å²) in [5.41, 5.74) is 0.737. The van der Waals surface area contributed by atoms with Crippen LogP contribution in [0.1, 0.15) is 20.3 Å². The van der Waals surface area contributed by atoms with Crippen LogP contribution in [0.4, 0.5) is 5.69 Å². The van der Waals surface area contributed by atoms with Crippen molar-refractivity contribution in [1.82, 2.24) is 5.32 Å². The second kappa shape index (κ2) is 10.2. The molecule has 0 radical (unpaired) electrons. The molecule has 118 valence electrons. The summed E-state index contributed by atoms with van der Waals surface area (Å²) in [7, 11) is 1.60. The highest BCUT2D eigenvalue weighted by molar-refractivity contribution is 5.92. The Labute approximate surface area is 127 Å². The molecule has 0 aromatic heterocycles. The molecule has 2 N–H and O–H groups in total. The van der Waals surface area contributed by atoms with Gasteiger partial charge in [0.1, 0.15) is 5.75 Å². The first-order valence-corrected chi connectivity index (χ1v) is 7.34. The standard InChI is InChI=1S/C16H26N2O3/c1-13(2)12-21-9-5-8-17-11-16(19)18-14-6-4-7-15(10-14)20-3/h4,6-7,10,13,17H,5,8-9,11-12H2,1-3H3,(H,18,19). The molecular weight excluding hydrogens is 268 g/mol. The van der Waals surface area contributed by atoms with Gasteiger partial charge in [-0.2, -0.15) is 0 Å². The molecule has 1 rings (SSSR count). The van der Waals surface area contributed by atoms with Crippen molar-refractivity contribution in [2.75, 3.05) is 38.7 Å². The van der Waals surface area contributed by atoms with Gasteiger partial charge >= 0.3 is 0 Å². The molecule has 21 heavy (non-hydrogen) atoms. The topological polar surface area (TPSA) is 59.6 Å². The smallest absolute Gasteiger partial charge is 0.238 e. The zero-order valence-electron chi connectivity index (χ0n) is 13.1. The van der Waals surface area contributed by atoms with Crippen LogP contribution >= 0.6 is 0 Å². The van der Waals surface area contributed by atoms with Gasteiger partial charge < -0.3 is 20.1 Å². The van der Waals surface area contributed by atoms with E-state index in [4.69, 9.17) is 9.47 Å². The van der Waals surface area contributed by atoms with Crippen LogP contribution in [0.2, 0.25) is 0 Å². The van der Waals surface area contributed by atoms with Gasteiger partial charge in [0.15, 0.2) is 0 Å². The van der Waals surface area contributed by atoms with E-state index in [1.54, 1.807) is 13.2 Å². The maximum absolute atomic E-state index is 11.7. The van der Waals surface area contributed by atoms with Crippen molar-refractivity contribution in [2.24, 2.45) is 5.92 Å². The van der Waals surface area contributed by atoms with Crippen LogP contribution in [0.3, 0.4) is 0 Å². The van der Waals surface area contributed by atoms with E-state index in [0.717, 1.165) is 37.6 Å². The minimum absolute atomic E-state index is 0.0636. The van der Waals surface area contributed by atoms with E-state index in [2.05, 4.69) is 24.5 Å². The van der Waals surface area contributed by atoms with Gasteiger partial charge in [0.05, 0.1) is 13.7 Å². The van der Waals surface area contributed by atoms with E-state index in [1.807, 2.05) is 18.2 Å². The summed E-state index contributed by atoms with van der Waals surface area (Å²) in [6.07, 6.45) is 0.902. The van der Waals surface area contributed by atoms with E-state index in [9.17, 15) is 4.79 Å². The molecule has 0 atom stereocenters. The number of rotatable bonds is 10. The highest BCUT2D eigenvalue weighted by Crippen LogP contribution is 2.16. The van der Waals surface area contributed by atoms with Crippen molar-refractivity contribution < 1.29 is 14.3 Å². The molecule has 1 aromatic rings. The van der Waals surface area contributed by atoms with Gasteiger partial charge in [-0.3, -0.25) is 4.79 Å². The molecule has 0 spiro atoms. The van der Waals surface area contributed by atoms with Gasteiger partial charge in [0, 0.05) is 25.0 Å². The summed E-state index contributed by atoms with van der Waals surface area (Å²) in [6, 6.07) is 7.30. The Bertz CT molecular complexity index is 422. The number of nitrogens with one attached hydrogen (secondary N) is 2. The second-order valence-corrected chi connectivity index (χ2v) is 5.28. The molecular formula is C16H26N2O3. The second-order valence-electron chi connectivity index (χ2n) is 5.28. The predicted octanol–water partition coefficient (Wildman–Crippen LogP) is 2.29. The highest BCUT2D eigenvalue weighted by Gasteiger charge is 2.02. The maximum Gasteiger partial charge on any atom is 0.238 e. The van der Waals surface area contributed by atoms with E-state index in [0.29, 0.717) is 12.5 Å². The molecule has 0 aliphatic heterocycles. The number of carbonyl (C=O) groups is 1. The monoisotopic (exact) mass is 294 g/mol. The number of benzene rings is 1. The average Bonchev–Trinajstić information content (AvgIpc) is 2.46. The largest absolute Gasteiger partial charge is 0.497 e. The summed E-state index contributed by atoms with van der Waals surface area (Å²) in [4.78, 5) is 11.7. The molecule has 0 saturated heterocycles. The van der Waals surface area contributed by atoms with Gasteiger partial charge in [0.2, 0.25) is 5.91 Å². The molecule has 1 aromatic carbocycles. The quantitative estimate of drug-likeness (QED) is 0.650. The first-order chi connectivity index (χ1) is 10.1. The van der Waals surface area contributed by atoms with Crippen molar-refractivity contribution in [1.29, 1.82) is 0 Å². The number of hydrogen-bond acceptors (Lipinski definition) is 4. The average molecular weight is 294 g/mol. The Kier molecular flexibility index (Phi) is 8.47. The normalized spacial score (nSPS) is 10.7. The molecule has 0 aliphatic carbocycles. The highest BCUT2D eigenvalue weighted by atomic mass is 16.5. The SMILES string of the molecule is COc1cccc(NC(=O)CNCCCOCC(C)C)c1. The van der Waals surface area contributed by atoms with Crippen LogP contribution < -0.4 is 15.4 Å². The summed E-state index contributed by atoms with van der Waals surface area (Å²) in [5, 5.41) is 5.92. The van der Waals surface area contributed by atoms with E-state index in [1.165, 1.54) is 0 Å². The van der Waals surface area contributed by atoms with Crippen molar-refractivity contribution >= 4 is 11.6 Å². The van der Waals surface area contributed by atoms with Crippen molar-refractivity contribution in [3.8, 4) is 5.75 Å². The number of anilines is 1. The molecule has 0 fully saturated rings. The summed E-state index contributed by atoms with van der Waals surface area (Å²) in [5.74, 6) is 1.22. The molecule has 0 heterocycles. The zero-order valence-corrected chi connectivity index (χ0v) is 13.1. The molecule has 5 heteroatoms. The molecule has 1 amide bonds. The van der Waals surface area contributed by atoms with Crippen LogP contribution in [0.15, 0.2) is 24.3 Å². The fourth-order valence-corrected chi connectivity index (χ4v) is 1.73. The summed E-state index contributed by atoms with van der Waals surface area (Å²) in [6.45, 7) is 6.83. The van der Waals surface area contributed by atoms with Crippen LogP contribution in [-0.4, -0.2) is 39.3 Å². The van der Waals surface area contributed by atoms with Crippen molar-refractivity contribution in [3.05, 3.63) is 24.3 Å². The Morgan fingerprint density at radius 3 is 2.86 bits per heavy atom. The fraction of sp³-hybridized carbons (Fsp3) is 0.562. The third-order valence-electron chi connectivity index (χ3n) is 2.73. The third kappa shape index (κ3) is 8.32. The van der Waals surface area contributed by atoms with Crippen LogP contribution in [0.5, 0.6) is 5.75 Å². The van der Waals surface area contributed by atoms with Crippen molar-refractivity contribution in [2.45, 2.75) is 20.3 Å². The number of methoxy groups -OCH3 is 1. The van der Waals surface area contributed by atoms with Gasteiger partial charge in [-0.1, -0.05) is 19.9 Å². The minimum Gasteiger partial charge on any atom is -0.497 e. The third-order valence-corrected chi connectivity index (χ3v) is 2.73. The first kappa shape index (κ1) is 17.5. The van der Waals surface area contributed by atoms with Crippen LogP contribution in [-0.2, 0) is 9.53 Å². The van der Waals surface area contributed by atoms with Crippen molar-refractivity contribution in [3.63, 3.8) is 0 Å². The zero-order chi connectivity index (χ0) is 15.5.